The molecule has 3 heterocycles. The van der Waals surface area contributed by atoms with E-state index in [4.69, 9.17) is 10.1 Å². The lowest BCUT2D eigenvalue weighted by atomic mass is 10.2. The van der Waals surface area contributed by atoms with Crippen LogP contribution in [0.25, 0.3) is 0 Å². The fraction of sp³-hybridized carbons (Fsp3) is 0.389. The zero-order valence-electron chi connectivity index (χ0n) is 13.2. The van der Waals surface area contributed by atoms with Crippen molar-refractivity contribution in [3.8, 4) is 0 Å². The molecule has 120 valence electrons. The number of aromatic nitrogens is 1. The summed E-state index contributed by atoms with van der Waals surface area (Å²) in [6.45, 7) is 5.72. The second kappa shape index (κ2) is 6.18. The number of aliphatic imine (C=N–C) groups is 1. The molecule has 0 bridgehead atoms. The lowest BCUT2D eigenvalue weighted by Gasteiger charge is -2.36. The smallest absolute Gasteiger partial charge is 0.153 e. The van der Waals surface area contributed by atoms with Crippen LogP contribution >= 0.6 is 0 Å². The molecule has 2 aromatic rings. The SMILES string of the molecule is OCCN1CCN(C2=Nc3ccccc3Cn3cccc32)CC1. The van der Waals surface area contributed by atoms with Gasteiger partial charge in [0.05, 0.1) is 18.0 Å². The molecule has 0 unspecified atom stereocenters. The highest BCUT2D eigenvalue weighted by molar-refractivity contribution is 5.99. The number of hydrogen-bond donors (Lipinski definition) is 1. The van der Waals surface area contributed by atoms with Gasteiger partial charge in [0.2, 0.25) is 0 Å². The maximum Gasteiger partial charge on any atom is 0.153 e. The topological polar surface area (TPSA) is 44.0 Å². The lowest BCUT2D eigenvalue weighted by molar-refractivity contribution is 0.147. The van der Waals surface area contributed by atoms with Gasteiger partial charge in [0, 0.05) is 45.5 Å². The number of fused-ring (bicyclic) bond motifs is 2. The number of aliphatic hydroxyl groups excluding tert-OH is 1. The largest absolute Gasteiger partial charge is 0.395 e. The molecule has 1 aromatic heterocycles. The Morgan fingerprint density at radius 3 is 2.65 bits per heavy atom. The molecule has 5 heteroatoms. The molecule has 1 saturated heterocycles. The molecule has 0 atom stereocenters. The number of nitrogens with zero attached hydrogens (tertiary/aromatic N) is 4. The van der Waals surface area contributed by atoms with Crippen molar-refractivity contribution in [2.24, 2.45) is 4.99 Å². The monoisotopic (exact) mass is 310 g/mol. The van der Waals surface area contributed by atoms with Crippen molar-refractivity contribution in [2.45, 2.75) is 6.54 Å². The lowest BCUT2D eigenvalue weighted by Crippen LogP contribution is -2.49. The molecule has 2 aliphatic heterocycles. The van der Waals surface area contributed by atoms with Crippen LogP contribution in [0.2, 0.25) is 0 Å². The van der Waals surface area contributed by atoms with Crippen molar-refractivity contribution in [3.05, 3.63) is 53.9 Å². The Labute approximate surface area is 136 Å². The number of β-amino-alcohol motifs (C(OH)–C–C–N with tert-alkyl or cyclic N) is 1. The van der Waals surface area contributed by atoms with Crippen LogP contribution in [0.15, 0.2) is 47.6 Å². The van der Waals surface area contributed by atoms with Crippen LogP contribution in [0.3, 0.4) is 0 Å². The first kappa shape index (κ1) is 14.5. The maximum absolute atomic E-state index is 9.10. The number of hydrogen-bond acceptors (Lipinski definition) is 4. The Hall–Kier alpha value is -2.11. The quantitative estimate of drug-likeness (QED) is 0.915. The summed E-state index contributed by atoms with van der Waals surface area (Å²) in [5.74, 6) is 1.07. The standard InChI is InChI=1S/C18H22N4O/c23-13-12-20-8-10-21(11-9-20)18-17-6-3-7-22(17)14-15-4-1-2-5-16(15)19-18/h1-7,23H,8-14H2. The van der Waals surface area contributed by atoms with E-state index in [2.05, 4.69) is 57.0 Å². The maximum atomic E-state index is 9.10. The van der Waals surface area contributed by atoms with Crippen molar-refractivity contribution in [1.29, 1.82) is 0 Å². The van der Waals surface area contributed by atoms with Crippen LogP contribution in [0.4, 0.5) is 5.69 Å². The fourth-order valence-electron chi connectivity index (χ4n) is 3.42. The van der Waals surface area contributed by atoms with Crippen molar-refractivity contribution >= 4 is 11.5 Å². The van der Waals surface area contributed by atoms with Gasteiger partial charge in [0.25, 0.3) is 0 Å². The van der Waals surface area contributed by atoms with Gasteiger partial charge in [-0.2, -0.15) is 0 Å². The third-order valence-electron chi connectivity index (χ3n) is 4.71. The highest BCUT2D eigenvalue weighted by Gasteiger charge is 2.24. The Morgan fingerprint density at radius 1 is 1.00 bits per heavy atom. The van der Waals surface area contributed by atoms with Gasteiger partial charge in [-0.1, -0.05) is 18.2 Å². The van der Waals surface area contributed by atoms with E-state index in [9.17, 15) is 0 Å². The predicted octanol–water partition coefficient (Wildman–Crippen LogP) is 1.54. The normalized spacial score (nSPS) is 18.1. The minimum absolute atomic E-state index is 0.233. The molecule has 0 radical (unpaired) electrons. The molecular formula is C18H22N4O. The highest BCUT2D eigenvalue weighted by Crippen LogP contribution is 2.26. The van der Waals surface area contributed by atoms with Crippen LogP contribution in [0.5, 0.6) is 0 Å². The summed E-state index contributed by atoms with van der Waals surface area (Å²) in [6, 6.07) is 12.6. The Kier molecular flexibility index (Phi) is 3.89. The van der Waals surface area contributed by atoms with Gasteiger partial charge in [-0.3, -0.25) is 4.90 Å². The minimum Gasteiger partial charge on any atom is -0.395 e. The molecule has 0 saturated carbocycles. The molecule has 1 fully saturated rings. The number of amidine groups is 1. The fourth-order valence-corrected chi connectivity index (χ4v) is 3.42. The van der Waals surface area contributed by atoms with Crippen molar-refractivity contribution in [2.75, 3.05) is 39.3 Å². The first-order valence-corrected chi connectivity index (χ1v) is 8.25. The first-order valence-electron chi connectivity index (χ1n) is 8.25. The van der Waals surface area contributed by atoms with E-state index >= 15 is 0 Å². The van der Waals surface area contributed by atoms with Crippen LogP contribution in [-0.2, 0) is 6.54 Å². The Morgan fingerprint density at radius 2 is 1.83 bits per heavy atom. The molecule has 2 aliphatic rings. The zero-order valence-corrected chi connectivity index (χ0v) is 13.2. The summed E-state index contributed by atoms with van der Waals surface area (Å²) in [5.41, 5.74) is 3.53. The molecule has 1 aromatic carbocycles. The Bertz CT molecular complexity index is 713. The zero-order chi connectivity index (χ0) is 15.6. The average Bonchev–Trinajstić information content (AvgIpc) is 2.97. The first-order chi connectivity index (χ1) is 11.3. The third kappa shape index (κ3) is 2.78. The molecule has 0 amide bonds. The second-order valence-electron chi connectivity index (χ2n) is 6.14. The van der Waals surface area contributed by atoms with Gasteiger partial charge in [-0.15, -0.1) is 0 Å². The molecule has 0 spiro atoms. The van der Waals surface area contributed by atoms with E-state index in [0.29, 0.717) is 0 Å². The van der Waals surface area contributed by atoms with E-state index in [1.807, 2.05) is 0 Å². The summed E-state index contributed by atoms with van der Waals surface area (Å²) >= 11 is 0. The summed E-state index contributed by atoms with van der Waals surface area (Å²) in [5, 5.41) is 9.10. The molecule has 23 heavy (non-hydrogen) atoms. The minimum atomic E-state index is 0.233. The number of rotatable bonds is 2. The van der Waals surface area contributed by atoms with Crippen molar-refractivity contribution < 1.29 is 5.11 Å². The number of benzene rings is 1. The highest BCUT2D eigenvalue weighted by atomic mass is 16.3. The van der Waals surface area contributed by atoms with Crippen molar-refractivity contribution in [3.63, 3.8) is 0 Å². The Balaban J connectivity index is 1.66. The average molecular weight is 310 g/mol. The number of piperazine rings is 1. The van der Waals surface area contributed by atoms with E-state index < -0.39 is 0 Å². The van der Waals surface area contributed by atoms with E-state index in [1.165, 1.54) is 11.3 Å². The summed E-state index contributed by atoms with van der Waals surface area (Å²) < 4.78 is 2.28. The summed E-state index contributed by atoms with van der Waals surface area (Å²) in [6.07, 6.45) is 2.13. The van der Waals surface area contributed by atoms with Crippen molar-refractivity contribution in [1.82, 2.24) is 14.4 Å². The van der Waals surface area contributed by atoms with Gasteiger partial charge in [-0.05, 0) is 23.8 Å². The molecular weight excluding hydrogens is 288 g/mol. The number of aliphatic hydroxyl groups is 1. The van der Waals surface area contributed by atoms with Gasteiger partial charge in [-0.25, -0.2) is 4.99 Å². The van der Waals surface area contributed by atoms with Crippen LogP contribution in [0.1, 0.15) is 11.3 Å². The molecule has 5 nitrogen and oxygen atoms in total. The molecule has 0 aliphatic carbocycles. The number of para-hydroxylation sites is 1. The van der Waals surface area contributed by atoms with E-state index in [-0.39, 0.29) is 6.61 Å². The summed E-state index contributed by atoms with van der Waals surface area (Å²) in [4.78, 5) is 9.68. The summed E-state index contributed by atoms with van der Waals surface area (Å²) in [7, 11) is 0. The second-order valence-corrected chi connectivity index (χ2v) is 6.14. The van der Waals surface area contributed by atoms with Gasteiger partial charge >= 0.3 is 0 Å². The van der Waals surface area contributed by atoms with Crippen LogP contribution in [-0.4, -0.2) is 64.6 Å². The molecule has 4 rings (SSSR count). The predicted molar refractivity (Wildman–Crippen MR) is 91.3 cm³/mol. The third-order valence-corrected chi connectivity index (χ3v) is 4.71. The van der Waals surface area contributed by atoms with Crippen LogP contribution in [0, 0.1) is 0 Å². The van der Waals surface area contributed by atoms with Gasteiger partial charge in [0.1, 0.15) is 0 Å². The van der Waals surface area contributed by atoms with Crippen LogP contribution < -0.4 is 0 Å². The van der Waals surface area contributed by atoms with E-state index in [1.54, 1.807) is 0 Å². The van der Waals surface area contributed by atoms with E-state index in [0.717, 1.165) is 50.8 Å². The van der Waals surface area contributed by atoms with Gasteiger partial charge in [0.15, 0.2) is 5.84 Å². The van der Waals surface area contributed by atoms with Gasteiger partial charge < -0.3 is 14.6 Å². The molecule has 1 N–H and O–H groups in total.